The third-order valence-corrected chi connectivity index (χ3v) is 6.06. The van der Waals surface area contributed by atoms with E-state index in [9.17, 15) is 4.79 Å². The average molecular weight is 398 g/mol. The van der Waals surface area contributed by atoms with Crippen molar-refractivity contribution in [3.8, 4) is 0 Å². The predicted octanol–water partition coefficient (Wildman–Crippen LogP) is 3.08. The molecule has 0 bridgehead atoms. The third-order valence-electron chi connectivity index (χ3n) is 5.86. The van der Waals surface area contributed by atoms with Crippen molar-refractivity contribution in [1.29, 1.82) is 0 Å². The van der Waals surface area contributed by atoms with Crippen LogP contribution in [0.15, 0.2) is 43.0 Å². The lowest BCUT2D eigenvalue weighted by Crippen LogP contribution is -2.43. The SMILES string of the molecule is O=C1OC(Cn2cnc3ccccc32)CC12CCN(c1ncc(Cl)cn1)CC2. The summed E-state index contributed by atoms with van der Waals surface area (Å²) in [6, 6.07) is 8.00. The Labute approximate surface area is 167 Å². The van der Waals surface area contributed by atoms with Gasteiger partial charge < -0.3 is 14.2 Å². The minimum Gasteiger partial charge on any atom is -0.460 e. The van der Waals surface area contributed by atoms with Crippen LogP contribution < -0.4 is 4.90 Å². The monoisotopic (exact) mass is 397 g/mol. The first kappa shape index (κ1) is 17.4. The van der Waals surface area contributed by atoms with E-state index in [0.29, 0.717) is 17.5 Å². The van der Waals surface area contributed by atoms with Crippen molar-refractivity contribution >= 4 is 34.6 Å². The Kier molecular flexibility index (Phi) is 4.19. The van der Waals surface area contributed by atoms with Gasteiger partial charge in [0, 0.05) is 19.5 Å². The molecule has 0 aliphatic carbocycles. The first-order valence-electron chi connectivity index (χ1n) is 9.46. The van der Waals surface area contributed by atoms with Crippen LogP contribution in [-0.4, -0.2) is 44.7 Å². The molecule has 1 aromatic carbocycles. The summed E-state index contributed by atoms with van der Waals surface area (Å²) in [6.07, 6.45) is 7.14. The van der Waals surface area contributed by atoms with E-state index in [4.69, 9.17) is 16.3 Å². The van der Waals surface area contributed by atoms with Gasteiger partial charge in [-0.05, 0) is 25.0 Å². The summed E-state index contributed by atoms with van der Waals surface area (Å²) in [6.45, 7) is 2.10. The minimum atomic E-state index is -0.399. The van der Waals surface area contributed by atoms with Gasteiger partial charge in [0.2, 0.25) is 5.95 Å². The molecule has 28 heavy (non-hydrogen) atoms. The van der Waals surface area contributed by atoms with E-state index in [1.165, 1.54) is 0 Å². The molecule has 1 spiro atoms. The number of aromatic nitrogens is 4. The molecule has 0 saturated carbocycles. The van der Waals surface area contributed by atoms with Crippen molar-refractivity contribution in [2.24, 2.45) is 5.41 Å². The molecule has 2 aromatic heterocycles. The minimum absolute atomic E-state index is 0.0707. The zero-order chi connectivity index (χ0) is 19.1. The topological polar surface area (TPSA) is 73.1 Å². The largest absolute Gasteiger partial charge is 0.460 e. The number of para-hydroxylation sites is 2. The highest BCUT2D eigenvalue weighted by atomic mass is 35.5. The van der Waals surface area contributed by atoms with Gasteiger partial charge in [0.05, 0.1) is 46.7 Å². The number of nitrogens with zero attached hydrogens (tertiary/aromatic N) is 5. The fraction of sp³-hybridized carbons (Fsp3) is 0.400. The van der Waals surface area contributed by atoms with Crippen molar-refractivity contribution in [3.05, 3.63) is 48.0 Å². The molecule has 1 atom stereocenters. The molecule has 2 fully saturated rings. The Morgan fingerprint density at radius 1 is 1.14 bits per heavy atom. The maximum atomic E-state index is 12.7. The third kappa shape index (κ3) is 2.99. The predicted molar refractivity (Wildman–Crippen MR) is 105 cm³/mol. The number of ether oxygens (including phenoxy) is 1. The molecule has 5 rings (SSSR count). The number of carbonyl (C=O) groups excluding carboxylic acids is 1. The smallest absolute Gasteiger partial charge is 0.312 e. The quantitative estimate of drug-likeness (QED) is 0.632. The summed E-state index contributed by atoms with van der Waals surface area (Å²) in [5, 5.41) is 0.520. The lowest BCUT2D eigenvalue weighted by atomic mass is 9.76. The fourth-order valence-electron chi connectivity index (χ4n) is 4.33. The summed E-state index contributed by atoms with van der Waals surface area (Å²) in [5.41, 5.74) is 1.62. The molecule has 0 amide bonds. The first-order chi connectivity index (χ1) is 13.6. The fourth-order valence-corrected chi connectivity index (χ4v) is 4.42. The van der Waals surface area contributed by atoms with Crippen LogP contribution in [0.25, 0.3) is 11.0 Å². The van der Waals surface area contributed by atoms with E-state index >= 15 is 0 Å². The lowest BCUT2D eigenvalue weighted by molar-refractivity contribution is -0.150. The van der Waals surface area contributed by atoms with E-state index < -0.39 is 5.41 Å². The second-order valence-corrected chi connectivity index (χ2v) is 8.02. The summed E-state index contributed by atoms with van der Waals surface area (Å²) < 4.78 is 7.85. The number of carbonyl (C=O) groups is 1. The molecule has 7 nitrogen and oxygen atoms in total. The number of esters is 1. The molecule has 0 radical (unpaired) electrons. The molecule has 3 aromatic rings. The highest BCUT2D eigenvalue weighted by Gasteiger charge is 2.50. The number of hydrogen-bond donors (Lipinski definition) is 0. The van der Waals surface area contributed by atoms with Gasteiger partial charge in [0.25, 0.3) is 0 Å². The van der Waals surface area contributed by atoms with Crippen LogP contribution in [-0.2, 0) is 16.1 Å². The number of hydrogen-bond acceptors (Lipinski definition) is 6. The summed E-state index contributed by atoms with van der Waals surface area (Å²) >= 11 is 5.87. The Morgan fingerprint density at radius 3 is 2.68 bits per heavy atom. The van der Waals surface area contributed by atoms with E-state index in [0.717, 1.165) is 43.4 Å². The lowest BCUT2D eigenvalue weighted by Gasteiger charge is -2.36. The number of anilines is 1. The van der Waals surface area contributed by atoms with E-state index in [1.807, 2.05) is 30.6 Å². The molecular weight excluding hydrogens is 378 g/mol. The Bertz CT molecular complexity index is 1010. The second-order valence-electron chi connectivity index (χ2n) is 7.59. The number of halogens is 1. The van der Waals surface area contributed by atoms with Gasteiger partial charge in [0.1, 0.15) is 6.10 Å². The van der Waals surface area contributed by atoms with Crippen LogP contribution in [0.2, 0.25) is 5.02 Å². The van der Waals surface area contributed by atoms with Gasteiger partial charge in [-0.25, -0.2) is 15.0 Å². The second kappa shape index (κ2) is 6.74. The van der Waals surface area contributed by atoms with E-state index in [2.05, 4.69) is 24.4 Å². The van der Waals surface area contributed by atoms with Crippen molar-refractivity contribution < 1.29 is 9.53 Å². The maximum absolute atomic E-state index is 12.7. The number of benzene rings is 1. The van der Waals surface area contributed by atoms with Gasteiger partial charge in [0.15, 0.2) is 0 Å². The zero-order valence-corrected chi connectivity index (χ0v) is 16.0. The molecule has 2 aliphatic rings. The van der Waals surface area contributed by atoms with Crippen molar-refractivity contribution in [3.63, 3.8) is 0 Å². The van der Waals surface area contributed by atoms with Crippen LogP contribution in [0.5, 0.6) is 0 Å². The molecule has 2 saturated heterocycles. The summed E-state index contributed by atoms with van der Waals surface area (Å²) in [4.78, 5) is 27.8. The molecule has 4 heterocycles. The maximum Gasteiger partial charge on any atom is 0.312 e. The van der Waals surface area contributed by atoms with Crippen LogP contribution >= 0.6 is 11.6 Å². The number of piperidine rings is 1. The van der Waals surface area contributed by atoms with E-state index in [1.54, 1.807) is 12.4 Å². The van der Waals surface area contributed by atoms with Gasteiger partial charge in [-0.2, -0.15) is 0 Å². The van der Waals surface area contributed by atoms with Crippen LogP contribution in [0.1, 0.15) is 19.3 Å². The van der Waals surface area contributed by atoms with Gasteiger partial charge in [-0.15, -0.1) is 0 Å². The van der Waals surface area contributed by atoms with Gasteiger partial charge in [-0.1, -0.05) is 23.7 Å². The van der Waals surface area contributed by atoms with Crippen LogP contribution in [0.3, 0.4) is 0 Å². The highest BCUT2D eigenvalue weighted by molar-refractivity contribution is 6.30. The first-order valence-corrected chi connectivity index (χ1v) is 9.84. The number of fused-ring (bicyclic) bond motifs is 1. The molecule has 2 aliphatic heterocycles. The Balaban J connectivity index is 1.27. The van der Waals surface area contributed by atoms with Crippen LogP contribution in [0, 0.1) is 5.41 Å². The molecule has 144 valence electrons. The molecule has 8 heteroatoms. The Hall–Kier alpha value is -2.67. The number of cyclic esters (lactones) is 1. The van der Waals surface area contributed by atoms with Crippen molar-refractivity contribution in [2.45, 2.75) is 31.9 Å². The van der Waals surface area contributed by atoms with Gasteiger partial charge in [-0.3, -0.25) is 4.79 Å². The van der Waals surface area contributed by atoms with Gasteiger partial charge >= 0.3 is 5.97 Å². The average Bonchev–Trinajstić information content (AvgIpc) is 3.25. The summed E-state index contributed by atoms with van der Waals surface area (Å²) in [7, 11) is 0. The summed E-state index contributed by atoms with van der Waals surface area (Å²) in [5.74, 6) is 0.589. The Morgan fingerprint density at radius 2 is 1.89 bits per heavy atom. The zero-order valence-electron chi connectivity index (χ0n) is 15.3. The molecule has 1 unspecified atom stereocenters. The van der Waals surface area contributed by atoms with Crippen molar-refractivity contribution in [2.75, 3.05) is 18.0 Å². The molecule has 0 N–H and O–H groups in total. The standard InChI is InChI=1S/C20H20ClN5O2/c21-14-10-22-19(23-11-14)25-7-5-20(6-8-25)9-15(28-18(20)27)12-26-13-24-16-3-1-2-4-17(16)26/h1-4,10-11,13,15H,5-9,12H2. The van der Waals surface area contributed by atoms with E-state index in [-0.39, 0.29) is 12.1 Å². The molecular formula is C20H20ClN5O2. The van der Waals surface area contributed by atoms with Crippen molar-refractivity contribution in [1.82, 2.24) is 19.5 Å². The highest BCUT2D eigenvalue weighted by Crippen LogP contribution is 2.44. The van der Waals surface area contributed by atoms with Crippen LogP contribution in [0.4, 0.5) is 5.95 Å². The number of imidazole rings is 1. The normalized spacial score (nSPS) is 21.4. The number of rotatable bonds is 3.